The molecule has 1 fully saturated rings. The van der Waals surface area contributed by atoms with Crippen molar-refractivity contribution in [2.45, 2.75) is 13.0 Å². The summed E-state index contributed by atoms with van der Waals surface area (Å²) in [6.07, 6.45) is 0.512. The van der Waals surface area contributed by atoms with Gasteiger partial charge in [-0.05, 0) is 30.3 Å². The molecule has 2 aromatic carbocycles. The van der Waals surface area contributed by atoms with Gasteiger partial charge in [-0.3, -0.25) is 9.69 Å². The number of nitrogens with one attached hydrogen (secondary N) is 1. The standard InChI is InChI=1S/C22H29N3O3/c1-27-20-9-7-19(8-10-20)25-15-13-24(14-16-25)12-11-22(26)23-17-18-5-3-4-6-21(18)28-2/h3-10H,11-17H2,1-2H3,(H,23,26). The molecule has 28 heavy (non-hydrogen) atoms. The maximum atomic E-state index is 12.2. The van der Waals surface area contributed by atoms with Gasteiger partial charge in [0.2, 0.25) is 5.91 Å². The van der Waals surface area contributed by atoms with Gasteiger partial charge in [-0.15, -0.1) is 0 Å². The number of methoxy groups -OCH3 is 2. The van der Waals surface area contributed by atoms with Crippen LogP contribution in [0.5, 0.6) is 11.5 Å². The van der Waals surface area contributed by atoms with Crippen LogP contribution in [0.4, 0.5) is 5.69 Å². The summed E-state index contributed by atoms with van der Waals surface area (Å²) in [5.41, 5.74) is 2.21. The van der Waals surface area contributed by atoms with Crippen LogP contribution in [0.25, 0.3) is 0 Å². The van der Waals surface area contributed by atoms with Crippen molar-refractivity contribution in [2.24, 2.45) is 0 Å². The number of piperazine rings is 1. The number of benzene rings is 2. The summed E-state index contributed by atoms with van der Waals surface area (Å²) in [6.45, 7) is 5.14. The molecule has 150 valence electrons. The summed E-state index contributed by atoms with van der Waals surface area (Å²) in [7, 11) is 3.33. The van der Waals surface area contributed by atoms with Crippen molar-refractivity contribution in [2.75, 3.05) is 51.8 Å². The number of nitrogens with zero attached hydrogens (tertiary/aromatic N) is 2. The molecular weight excluding hydrogens is 354 g/mol. The molecule has 1 amide bonds. The molecule has 6 nitrogen and oxygen atoms in total. The zero-order chi connectivity index (χ0) is 19.8. The highest BCUT2D eigenvalue weighted by Crippen LogP contribution is 2.20. The van der Waals surface area contributed by atoms with Crippen LogP contribution < -0.4 is 19.7 Å². The van der Waals surface area contributed by atoms with Crippen LogP contribution in [0.15, 0.2) is 48.5 Å². The molecule has 0 radical (unpaired) electrons. The van der Waals surface area contributed by atoms with Crippen LogP contribution in [-0.4, -0.2) is 57.8 Å². The molecule has 2 aromatic rings. The summed E-state index contributed by atoms with van der Waals surface area (Å²) < 4.78 is 10.5. The van der Waals surface area contributed by atoms with Gasteiger partial charge >= 0.3 is 0 Å². The largest absolute Gasteiger partial charge is 0.497 e. The lowest BCUT2D eigenvalue weighted by Gasteiger charge is -2.36. The second-order valence-electron chi connectivity index (χ2n) is 6.87. The Morgan fingerprint density at radius 2 is 1.68 bits per heavy atom. The normalized spacial score (nSPS) is 14.6. The van der Waals surface area contributed by atoms with Gasteiger partial charge in [0.05, 0.1) is 14.2 Å². The number of hydrogen-bond acceptors (Lipinski definition) is 5. The second kappa shape index (κ2) is 9.99. The van der Waals surface area contributed by atoms with Gasteiger partial charge in [-0.2, -0.15) is 0 Å². The summed E-state index contributed by atoms with van der Waals surface area (Å²) in [5.74, 6) is 1.75. The van der Waals surface area contributed by atoms with Crippen LogP contribution in [0.3, 0.4) is 0 Å². The smallest absolute Gasteiger partial charge is 0.221 e. The van der Waals surface area contributed by atoms with Gasteiger partial charge in [-0.1, -0.05) is 18.2 Å². The Morgan fingerprint density at radius 1 is 0.964 bits per heavy atom. The minimum Gasteiger partial charge on any atom is -0.497 e. The first-order chi connectivity index (χ1) is 13.7. The Labute approximate surface area is 167 Å². The van der Waals surface area contributed by atoms with Gasteiger partial charge in [0, 0.05) is 56.9 Å². The maximum absolute atomic E-state index is 12.2. The lowest BCUT2D eigenvalue weighted by atomic mass is 10.2. The average Bonchev–Trinajstić information content (AvgIpc) is 2.77. The van der Waals surface area contributed by atoms with Gasteiger partial charge in [0.15, 0.2) is 0 Å². The number of carbonyl (C=O) groups is 1. The molecule has 1 N–H and O–H groups in total. The number of amides is 1. The van der Waals surface area contributed by atoms with Crippen molar-refractivity contribution in [1.82, 2.24) is 10.2 Å². The van der Waals surface area contributed by atoms with E-state index < -0.39 is 0 Å². The predicted octanol–water partition coefficient (Wildman–Crippen LogP) is 2.53. The first-order valence-electron chi connectivity index (χ1n) is 9.69. The highest BCUT2D eigenvalue weighted by molar-refractivity contribution is 5.76. The summed E-state index contributed by atoms with van der Waals surface area (Å²) in [4.78, 5) is 16.9. The van der Waals surface area contributed by atoms with Crippen molar-refractivity contribution in [3.63, 3.8) is 0 Å². The van der Waals surface area contributed by atoms with Crippen molar-refractivity contribution >= 4 is 11.6 Å². The fraction of sp³-hybridized carbons (Fsp3) is 0.409. The Balaban J connectivity index is 1.38. The summed E-state index contributed by atoms with van der Waals surface area (Å²) >= 11 is 0. The van der Waals surface area contributed by atoms with Crippen molar-refractivity contribution in [3.05, 3.63) is 54.1 Å². The van der Waals surface area contributed by atoms with E-state index in [0.717, 1.165) is 49.8 Å². The monoisotopic (exact) mass is 383 g/mol. The molecule has 0 aromatic heterocycles. The minimum atomic E-state index is 0.0727. The minimum absolute atomic E-state index is 0.0727. The first-order valence-corrected chi connectivity index (χ1v) is 9.69. The predicted molar refractivity (Wildman–Crippen MR) is 111 cm³/mol. The number of ether oxygens (including phenoxy) is 2. The molecule has 0 saturated carbocycles. The number of rotatable bonds is 8. The Kier molecular flexibility index (Phi) is 7.14. The van der Waals surface area contributed by atoms with E-state index in [1.165, 1.54) is 5.69 Å². The fourth-order valence-electron chi connectivity index (χ4n) is 3.41. The van der Waals surface area contributed by atoms with Gasteiger partial charge in [0.1, 0.15) is 11.5 Å². The van der Waals surface area contributed by atoms with Crippen LogP contribution in [0.1, 0.15) is 12.0 Å². The second-order valence-corrected chi connectivity index (χ2v) is 6.87. The Hall–Kier alpha value is -2.73. The van der Waals surface area contributed by atoms with Crippen LogP contribution in [-0.2, 0) is 11.3 Å². The van der Waals surface area contributed by atoms with E-state index in [-0.39, 0.29) is 5.91 Å². The van der Waals surface area contributed by atoms with Crippen molar-refractivity contribution in [3.8, 4) is 11.5 Å². The third kappa shape index (κ3) is 5.39. The number of anilines is 1. The van der Waals surface area contributed by atoms with E-state index >= 15 is 0 Å². The number of hydrogen-bond donors (Lipinski definition) is 1. The van der Waals surface area contributed by atoms with E-state index in [1.807, 2.05) is 36.4 Å². The molecular formula is C22H29N3O3. The summed E-state index contributed by atoms with van der Waals surface area (Å²) in [5, 5.41) is 2.99. The fourth-order valence-corrected chi connectivity index (χ4v) is 3.41. The van der Waals surface area contributed by atoms with E-state index in [4.69, 9.17) is 9.47 Å². The molecule has 0 bridgehead atoms. The number of carbonyl (C=O) groups excluding carboxylic acids is 1. The third-order valence-corrected chi connectivity index (χ3v) is 5.13. The number of para-hydroxylation sites is 1. The molecule has 0 unspecified atom stereocenters. The lowest BCUT2D eigenvalue weighted by molar-refractivity contribution is -0.121. The molecule has 3 rings (SSSR count). The van der Waals surface area contributed by atoms with Crippen LogP contribution in [0, 0.1) is 0 Å². The zero-order valence-electron chi connectivity index (χ0n) is 16.7. The zero-order valence-corrected chi connectivity index (χ0v) is 16.7. The first kappa shape index (κ1) is 20.0. The van der Waals surface area contributed by atoms with E-state index in [0.29, 0.717) is 13.0 Å². The van der Waals surface area contributed by atoms with E-state index in [1.54, 1.807) is 14.2 Å². The van der Waals surface area contributed by atoms with E-state index in [2.05, 4.69) is 27.2 Å². The molecule has 1 aliphatic heterocycles. The van der Waals surface area contributed by atoms with Gasteiger partial charge in [0.25, 0.3) is 0 Å². The third-order valence-electron chi connectivity index (χ3n) is 5.13. The molecule has 1 heterocycles. The molecule has 0 spiro atoms. The highest BCUT2D eigenvalue weighted by atomic mass is 16.5. The highest BCUT2D eigenvalue weighted by Gasteiger charge is 2.18. The Morgan fingerprint density at radius 3 is 2.36 bits per heavy atom. The quantitative estimate of drug-likeness (QED) is 0.759. The topological polar surface area (TPSA) is 54.0 Å². The SMILES string of the molecule is COc1ccc(N2CCN(CCC(=O)NCc3ccccc3OC)CC2)cc1. The van der Waals surface area contributed by atoms with E-state index in [9.17, 15) is 4.79 Å². The van der Waals surface area contributed by atoms with Gasteiger partial charge < -0.3 is 19.7 Å². The van der Waals surface area contributed by atoms with Gasteiger partial charge in [-0.25, -0.2) is 0 Å². The molecule has 0 atom stereocenters. The molecule has 1 saturated heterocycles. The Bertz CT molecular complexity index is 756. The average molecular weight is 383 g/mol. The molecule has 0 aliphatic carbocycles. The van der Waals surface area contributed by atoms with Crippen LogP contribution in [0.2, 0.25) is 0 Å². The van der Waals surface area contributed by atoms with Crippen molar-refractivity contribution < 1.29 is 14.3 Å². The van der Waals surface area contributed by atoms with Crippen LogP contribution >= 0.6 is 0 Å². The van der Waals surface area contributed by atoms with Crippen molar-refractivity contribution in [1.29, 1.82) is 0 Å². The lowest BCUT2D eigenvalue weighted by Crippen LogP contribution is -2.47. The maximum Gasteiger partial charge on any atom is 0.221 e. The summed E-state index contributed by atoms with van der Waals surface area (Å²) in [6, 6.07) is 15.9. The molecule has 6 heteroatoms. The molecule has 1 aliphatic rings.